The minimum atomic E-state index is -3.11. The molecule has 0 spiro atoms. The molecule has 0 aliphatic rings. The molecule has 0 bridgehead atoms. The number of benzene rings is 1. The van der Waals surface area contributed by atoms with E-state index in [0.29, 0.717) is 11.5 Å². The predicted molar refractivity (Wildman–Crippen MR) is 72.5 cm³/mol. The average molecular weight is 289 g/mol. The van der Waals surface area contributed by atoms with Crippen LogP contribution in [0.3, 0.4) is 0 Å². The van der Waals surface area contributed by atoms with Gasteiger partial charge in [0.15, 0.2) is 11.5 Å². The van der Waals surface area contributed by atoms with Crippen LogP contribution in [-0.4, -0.2) is 37.4 Å². The van der Waals surface area contributed by atoms with Crippen molar-refractivity contribution in [3.63, 3.8) is 0 Å². The topological polar surface area (TPSA) is 50.7 Å². The average Bonchev–Trinajstić information content (AvgIpc) is 2.39. The number of methoxy groups -OCH3 is 1. The number of rotatable bonds is 8. The van der Waals surface area contributed by atoms with Gasteiger partial charge in [-0.1, -0.05) is 6.07 Å². The van der Waals surface area contributed by atoms with E-state index >= 15 is 0 Å². The number of halogens is 2. The number of ether oxygens (including phenoxy) is 2. The van der Waals surface area contributed by atoms with Gasteiger partial charge in [0.1, 0.15) is 6.61 Å². The Hall–Kier alpha value is -1.40. The molecule has 114 valence electrons. The molecule has 0 aliphatic heterocycles. The minimum absolute atomic E-state index is 0.0242. The number of aliphatic hydroxyl groups excluding tert-OH is 1. The molecule has 4 nitrogen and oxygen atoms in total. The molecule has 1 rings (SSSR count). The van der Waals surface area contributed by atoms with E-state index in [-0.39, 0.29) is 12.6 Å². The maximum absolute atomic E-state index is 12.9. The van der Waals surface area contributed by atoms with Crippen molar-refractivity contribution in [1.29, 1.82) is 0 Å². The molecule has 1 aromatic carbocycles. The van der Waals surface area contributed by atoms with E-state index in [9.17, 15) is 8.78 Å². The zero-order valence-electron chi connectivity index (χ0n) is 12.0. The Morgan fingerprint density at radius 3 is 2.55 bits per heavy atom. The summed E-state index contributed by atoms with van der Waals surface area (Å²) in [5, 5.41) is 11.1. The molecule has 0 atom stereocenters. The van der Waals surface area contributed by atoms with Gasteiger partial charge in [-0.25, -0.2) is 8.78 Å². The van der Waals surface area contributed by atoms with Crippen LogP contribution < -0.4 is 14.8 Å². The summed E-state index contributed by atoms with van der Waals surface area (Å²) in [5.74, 6) is -1.93. The third kappa shape index (κ3) is 5.30. The second-order valence-electron chi connectivity index (χ2n) is 4.77. The Balaban J connectivity index is 2.64. The Kier molecular flexibility index (Phi) is 6.16. The monoisotopic (exact) mass is 289 g/mol. The summed E-state index contributed by atoms with van der Waals surface area (Å²) in [6, 6.07) is 5.27. The van der Waals surface area contributed by atoms with Gasteiger partial charge in [0, 0.05) is 6.54 Å². The fraction of sp³-hybridized carbons (Fsp3) is 0.571. The fourth-order valence-electron chi connectivity index (χ4n) is 1.62. The van der Waals surface area contributed by atoms with Gasteiger partial charge in [-0.15, -0.1) is 0 Å². The Labute approximate surface area is 117 Å². The van der Waals surface area contributed by atoms with Crippen molar-refractivity contribution in [2.24, 2.45) is 0 Å². The lowest BCUT2D eigenvalue weighted by Crippen LogP contribution is -2.35. The van der Waals surface area contributed by atoms with Crippen molar-refractivity contribution in [1.82, 2.24) is 5.32 Å². The van der Waals surface area contributed by atoms with Crippen molar-refractivity contribution in [3.05, 3.63) is 23.8 Å². The summed E-state index contributed by atoms with van der Waals surface area (Å²) in [7, 11) is 1.53. The van der Waals surface area contributed by atoms with Crippen molar-refractivity contribution in [3.8, 4) is 11.5 Å². The lowest BCUT2D eigenvalue weighted by atomic mass is 10.2. The maximum atomic E-state index is 12.9. The summed E-state index contributed by atoms with van der Waals surface area (Å²) >= 11 is 0. The molecule has 0 amide bonds. The highest BCUT2D eigenvalue weighted by atomic mass is 19.3. The number of aliphatic hydroxyl groups is 1. The van der Waals surface area contributed by atoms with Gasteiger partial charge in [0.05, 0.1) is 19.8 Å². The van der Waals surface area contributed by atoms with Crippen LogP contribution in [0.1, 0.15) is 19.4 Å². The summed E-state index contributed by atoms with van der Waals surface area (Å²) in [5.41, 5.74) is 0.798. The van der Waals surface area contributed by atoms with Crippen molar-refractivity contribution in [2.45, 2.75) is 32.4 Å². The third-order valence-electron chi connectivity index (χ3n) is 2.53. The Morgan fingerprint density at radius 1 is 1.30 bits per heavy atom. The van der Waals surface area contributed by atoms with Gasteiger partial charge >= 0.3 is 0 Å². The van der Waals surface area contributed by atoms with Gasteiger partial charge in [0.2, 0.25) is 0 Å². The molecule has 0 heterocycles. The first-order valence-electron chi connectivity index (χ1n) is 6.41. The van der Waals surface area contributed by atoms with Gasteiger partial charge in [0.25, 0.3) is 5.92 Å². The quantitative estimate of drug-likeness (QED) is 0.770. The zero-order chi connectivity index (χ0) is 15.2. The largest absolute Gasteiger partial charge is 0.493 e. The number of alkyl halides is 2. The lowest BCUT2D eigenvalue weighted by Gasteiger charge is -2.16. The highest BCUT2D eigenvalue weighted by molar-refractivity contribution is 5.43. The van der Waals surface area contributed by atoms with E-state index in [1.807, 2.05) is 13.8 Å². The van der Waals surface area contributed by atoms with Crippen molar-refractivity contribution < 1.29 is 23.4 Å². The lowest BCUT2D eigenvalue weighted by molar-refractivity contribution is -0.0477. The second-order valence-corrected chi connectivity index (χ2v) is 4.77. The molecule has 20 heavy (non-hydrogen) atoms. The third-order valence-corrected chi connectivity index (χ3v) is 2.53. The molecular weight excluding hydrogens is 268 g/mol. The summed E-state index contributed by atoms with van der Waals surface area (Å²) < 4.78 is 36.5. The smallest absolute Gasteiger partial charge is 0.282 e. The van der Waals surface area contributed by atoms with Crippen LogP contribution in [-0.2, 0) is 6.54 Å². The van der Waals surface area contributed by atoms with Gasteiger partial charge in [-0.3, -0.25) is 0 Å². The van der Waals surface area contributed by atoms with E-state index in [1.165, 1.54) is 7.11 Å². The molecule has 0 fully saturated rings. The Morgan fingerprint density at radius 2 is 2.00 bits per heavy atom. The van der Waals surface area contributed by atoms with Crippen molar-refractivity contribution >= 4 is 0 Å². The molecule has 0 aliphatic carbocycles. The molecule has 6 heteroatoms. The van der Waals surface area contributed by atoms with Gasteiger partial charge < -0.3 is 19.9 Å². The summed E-state index contributed by atoms with van der Waals surface area (Å²) in [6.45, 7) is 2.34. The molecule has 0 radical (unpaired) electrons. The van der Waals surface area contributed by atoms with Gasteiger partial charge in [-0.2, -0.15) is 0 Å². The van der Waals surface area contributed by atoms with E-state index in [2.05, 4.69) is 5.32 Å². The fourth-order valence-corrected chi connectivity index (χ4v) is 1.62. The van der Waals surface area contributed by atoms with Crippen LogP contribution in [0.2, 0.25) is 0 Å². The van der Waals surface area contributed by atoms with Gasteiger partial charge in [-0.05, 0) is 31.5 Å². The van der Waals surface area contributed by atoms with E-state index in [4.69, 9.17) is 14.6 Å². The standard InChI is InChI=1S/C14H21F2NO3/c1-10(2)20-12-5-4-11(6-13(12)19-3)7-17-8-14(15,16)9-18/h4-6,10,17-18H,7-9H2,1-3H3. The van der Waals surface area contributed by atoms with Crippen LogP contribution >= 0.6 is 0 Å². The van der Waals surface area contributed by atoms with Crippen LogP contribution in [0.15, 0.2) is 18.2 Å². The van der Waals surface area contributed by atoms with Crippen LogP contribution in [0.4, 0.5) is 8.78 Å². The van der Waals surface area contributed by atoms with Crippen LogP contribution in [0.5, 0.6) is 11.5 Å². The van der Waals surface area contributed by atoms with Crippen molar-refractivity contribution in [2.75, 3.05) is 20.3 Å². The molecular formula is C14H21F2NO3. The minimum Gasteiger partial charge on any atom is -0.493 e. The molecule has 0 saturated carbocycles. The molecule has 0 saturated heterocycles. The van der Waals surface area contributed by atoms with Crippen LogP contribution in [0, 0.1) is 0 Å². The summed E-state index contributed by atoms with van der Waals surface area (Å²) in [4.78, 5) is 0. The summed E-state index contributed by atoms with van der Waals surface area (Å²) in [6.07, 6.45) is 0.0242. The molecule has 0 unspecified atom stereocenters. The van der Waals surface area contributed by atoms with E-state index in [0.717, 1.165) is 5.56 Å². The van der Waals surface area contributed by atoms with E-state index in [1.54, 1.807) is 18.2 Å². The SMILES string of the molecule is COc1cc(CNCC(F)(F)CO)ccc1OC(C)C. The maximum Gasteiger partial charge on any atom is 0.282 e. The highest BCUT2D eigenvalue weighted by Gasteiger charge is 2.26. The molecule has 2 N–H and O–H groups in total. The first kappa shape index (κ1) is 16.7. The first-order valence-corrected chi connectivity index (χ1v) is 6.41. The highest BCUT2D eigenvalue weighted by Crippen LogP contribution is 2.29. The van der Waals surface area contributed by atoms with E-state index < -0.39 is 19.1 Å². The first-order chi connectivity index (χ1) is 9.38. The predicted octanol–water partition coefficient (Wildman–Crippen LogP) is 2.20. The normalized spacial score (nSPS) is 11.8. The van der Waals surface area contributed by atoms with Crippen LogP contribution in [0.25, 0.3) is 0 Å². The number of hydrogen-bond acceptors (Lipinski definition) is 4. The molecule has 1 aromatic rings. The molecule has 0 aromatic heterocycles. The Bertz CT molecular complexity index is 425. The second kappa shape index (κ2) is 7.40. The zero-order valence-corrected chi connectivity index (χ0v) is 12.0. The number of nitrogens with one attached hydrogen (secondary N) is 1. The number of hydrogen-bond donors (Lipinski definition) is 2.